The topological polar surface area (TPSA) is 62.3 Å². The summed E-state index contributed by atoms with van der Waals surface area (Å²) in [5.74, 6) is -0.209. The fourth-order valence-electron chi connectivity index (χ4n) is 3.02. The lowest BCUT2D eigenvalue weighted by atomic mass is 10.1. The first-order valence-corrected chi connectivity index (χ1v) is 7.69. The summed E-state index contributed by atoms with van der Waals surface area (Å²) in [4.78, 5) is 30.0. The van der Waals surface area contributed by atoms with Gasteiger partial charge in [0.2, 0.25) is 5.91 Å². The third-order valence-electron chi connectivity index (χ3n) is 4.13. The molecule has 0 bridgehead atoms. The van der Waals surface area contributed by atoms with Crippen LogP contribution < -0.4 is 10.2 Å². The monoisotopic (exact) mass is 317 g/mol. The lowest BCUT2D eigenvalue weighted by molar-refractivity contribution is -0.114. The molecule has 0 fully saturated rings. The first kappa shape index (κ1) is 14.4. The molecular weight excluding hydrogens is 302 g/mol. The largest absolute Gasteiger partial charge is 0.326 e. The van der Waals surface area contributed by atoms with Crippen molar-refractivity contribution in [1.29, 1.82) is 0 Å². The van der Waals surface area contributed by atoms with Crippen LogP contribution in [-0.4, -0.2) is 16.8 Å². The van der Waals surface area contributed by atoms with Gasteiger partial charge in [-0.2, -0.15) is 0 Å². The van der Waals surface area contributed by atoms with Crippen LogP contribution in [0.3, 0.4) is 0 Å². The second kappa shape index (κ2) is 5.45. The molecule has 5 heteroatoms. The molecule has 0 radical (unpaired) electrons. The number of hydrogen-bond acceptors (Lipinski definition) is 3. The van der Waals surface area contributed by atoms with E-state index in [1.54, 1.807) is 17.2 Å². The lowest BCUT2D eigenvalue weighted by Crippen LogP contribution is -2.22. The first-order valence-electron chi connectivity index (χ1n) is 7.69. The highest BCUT2D eigenvalue weighted by molar-refractivity contribution is 6.11. The number of hydrogen-bond donors (Lipinski definition) is 1. The molecule has 0 saturated carbocycles. The van der Waals surface area contributed by atoms with Crippen molar-refractivity contribution in [3.8, 4) is 0 Å². The van der Waals surface area contributed by atoms with Gasteiger partial charge in [-0.05, 0) is 42.0 Å². The number of nitrogens with zero attached hydrogens (tertiary/aromatic N) is 2. The number of aromatic nitrogens is 1. The van der Waals surface area contributed by atoms with Crippen LogP contribution in [0.15, 0.2) is 54.7 Å². The van der Waals surface area contributed by atoms with E-state index in [9.17, 15) is 9.59 Å². The molecule has 4 rings (SSSR count). The van der Waals surface area contributed by atoms with Gasteiger partial charge < -0.3 is 10.2 Å². The SMILES string of the molecule is CC(=O)Nc1ccc2c(c1)C(=O)N(c1ccc3ncccc3c1)C2. The maximum atomic E-state index is 12.8. The van der Waals surface area contributed by atoms with Crippen molar-refractivity contribution in [3.05, 3.63) is 65.9 Å². The zero-order valence-corrected chi connectivity index (χ0v) is 13.1. The van der Waals surface area contributed by atoms with Crippen molar-refractivity contribution in [2.45, 2.75) is 13.5 Å². The van der Waals surface area contributed by atoms with E-state index in [0.29, 0.717) is 17.8 Å². The Labute approximate surface area is 138 Å². The molecule has 1 N–H and O–H groups in total. The van der Waals surface area contributed by atoms with Crippen molar-refractivity contribution < 1.29 is 9.59 Å². The predicted octanol–water partition coefficient (Wildman–Crippen LogP) is 3.35. The molecule has 0 aliphatic carbocycles. The van der Waals surface area contributed by atoms with Crippen molar-refractivity contribution in [2.24, 2.45) is 0 Å². The molecule has 2 amide bonds. The van der Waals surface area contributed by atoms with Gasteiger partial charge in [0.25, 0.3) is 5.91 Å². The lowest BCUT2D eigenvalue weighted by Gasteiger charge is -2.16. The van der Waals surface area contributed by atoms with E-state index in [-0.39, 0.29) is 11.8 Å². The summed E-state index contributed by atoms with van der Waals surface area (Å²) in [5, 5.41) is 3.71. The average Bonchev–Trinajstić information content (AvgIpc) is 2.90. The maximum absolute atomic E-state index is 12.8. The number of rotatable bonds is 2. The van der Waals surface area contributed by atoms with E-state index in [4.69, 9.17) is 0 Å². The Morgan fingerprint density at radius 2 is 2.04 bits per heavy atom. The summed E-state index contributed by atoms with van der Waals surface area (Å²) in [6, 6.07) is 15.1. The Hall–Kier alpha value is -3.21. The Morgan fingerprint density at radius 3 is 2.88 bits per heavy atom. The zero-order chi connectivity index (χ0) is 16.7. The Bertz CT molecular complexity index is 981. The van der Waals surface area contributed by atoms with Crippen LogP contribution in [0.25, 0.3) is 10.9 Å². The molecule has 2 aromatic carbocycles. The molecule has 5 nitrogen and oxygen atoms in total. The van der Waals surface area contributed by atoms with Gasteiger partial charge in [-0.3, -0.25) is 14.6 Å². The van der Waals surface area contributed by atoms with Crippen LogP contribution in [0.1, 0.15) is 22.8 Å². The molecule has 2 heterocycles. The van der Waals surface area contributed by atoms with Crippen LogP contribution in [-0.2, 0) is 11.3 Å². The van der Waals surface area contributed by atoms with E-state index in [1.165, 1.54) is 6.92 Å². The third-order valence-corrected chi connectivity index (χ3v) is 4.13. The highest BCUT2D eigenvalue weighted by Gasteiger charge is 2.28. The number of amides is 2. The van der Waals surface area contributed by atoms with Gasteiger partial charge in [0.15, 0.2) is 0 Å². The summed E-state index contributed by atoms with van der Waals surface area (Å²) < 4.78 is 0. The van der Waals surface area contributed by atoms with Gasteiger partial charge in [0.1, 0.15) is 0 Å². The first-order chi connectivity index (χ1) is 11.6. The Balaban J connectivity index is 1.70. The highest BCUT2D eigenvalue weighted by atomic mass is 16.2. The molecule has 118 valence electrons. The molecule has 0 atom stereocenters. The van der Waals surface area contributed by atoms with E-state index in [1.807, 2.05) is 42.5 Å². The van der Waals surface area contributed by atoms with Crippen LogP contribution in [0, 0.1) is 0 Å². The van der Waals surface area contributed by atoms with Crippen molar-refractivity contribution in [1.82, 2.24) is 4.98 Å². The van der Waals surface area contributed by atoms with E-state index < -0.39 is 0 Å². The molecule has 3 aromatic rings. The fraction of sp³-hybridized carbons (Fsp3) is 0.105. The molecule has 0 unspecified atom stereocenters. The molecule has 24 heavy (non-hydrogen) atoms. The molecule has 1 aliphatic heterocycles. The molecule has 1 aromatic heterocycles. The molecular formula is C19H15N3O2. The normalized spacial score (nSPS) is 13.2. The van der Waals surface area contributed by atoms with E-state index in [2.05, 4.69) is 10.3 Å². The predicted molar refractivity (Wildman–Crippen MR) is 93.0 cm³/mol. The summed E-state index contributed by atoms with van der Waals surface area (Å²) >= 11 is 0. The number of carbonyl (C=O) groups is 2. The minimum absolute atomic E-state index is 0.0551. The van der Waals surface area contributed by atoms with Crippen LogP contribution in [0.4, 0.5) is 11.4 Å². The third kappa shape index (κ3) is 2.40. The van der Waals surface area contributed by atoms with Crippen molar-refractivity contribution in [2.75, 3.05) is 10.2 Å². The van der Waals surface area contributed by atoms with E-state index in [0.717, 1.165) is 22.2 Å². The van der Waals surface area contributed by atoms with Crippen molar-refractivity contribution in [3.63, 3.8) is 0 Å². The summed E-state index contributed by atoms with van der Waals surface area (Å²) in [7, 11) is 0. The second-order valence-electron chi connectivity index (χ2n) is 5.82. The number of benzene rings is 2. The van der Waals surface area contributed by atoms with Gasteiger partial charge >= 0.3 is 0 Å². The number of carbonyl (C=O) groups excluding carboxylic acids is 2. The quantitative estimate of drug-likeness (QED) is 0.788. The molecule has 0 saturated heterocycles. The number of fused-ring (bicyclic) bond motifs is 2. The van der Waals surface area contributed by atoms with Crippen molar-refractivity contribution >= 4 is 34.1 Å². The average molecular weight is 317 g/mol. The van der Waals surface area contributed by atoms with Gasteiger partial charge in [-0.15, -0.1) is 0 Å². The van der Waals surface area contributed by atoms with Gasteiger partial charge in [-0.1, -0.05) is 12.1 Å². The molecule has 0 spiro atoms. The van der Waals surface area contributed by atoms with Crippen LogP contribution in [0.2, 0.25) is 0 Å². The fourth-order valence-corrected chi connectivity index (χ4v) is 3.02. The zero-order valence-electron chi connectivity index (χ0n) is 13.1. The Morgan fingerprint density at radius 1 is 1.17 bits per heavy atom. The van der Waals surface area contributed by atoms with Crippen LogP contribution in [0.5, 0.6) is 0 Å². The van der Waals surface area contributed by atoms with Gasteiger partial charge in [0.05, 0.1) is 12.1 Å². The minimum Gasteiger partial charge on any atom is -0.326 e. The number of pyridine rings is 1. The summed E-state index contributed by atoms with van der Waals surface area (Å²) in [5.41, 5.74) is 3.98. The van der Waals surface area contributed by atoms with E-state index >= 15 is 0 Å². The smallest absolute Gasteiger partial charge is 0.259 e. The maximum Gasteiger partial charge on any atom is 0.259 e. The van der Waals surface area contributed by atoms with Crippen LogP contribution >= 0.6 is 0 Å². The number of nitrogens with one attached hydrogen (secondary N) is 1. The minimum atomic E-state index is -0.153. The van der Waals surface area contributed by atoms with Gasteiger partial charge in [0, 0.05) is 35.4 Å². The Kier molecular flexibility index (Phi) is 3.27. The highest BCUT2D eigenvalue weighted by Crippen LogP contribution is 2.31. The second-order valence-corrected chi connectivity index (χ2v) is 5.82. The summed E-state index contributed by atoms with van der Waals surface area (Å²) in [6.07, 6.45) is 1.75. The van der Waals surface area contributed by atoms with Gasteiger partial charge in [-0.25, -0.2) is 0 Å². The summed E-state index contributed by atoms with van der Waals surface area (Å²) in [6.45, 7) is 1.98. The number of anilines is 2. The molecule has 1 aliphatic rings. The standard InChI is InChI=1S/C19H15N3O2/c1-12(23)21-15-5-4-14-11-22(19(24)17(14)10-15)16-6-7-18-13(9-16)3-2-8-20-18/h2-10H,11H2,1H3,(H,21,23).